The monoisotopic (exact) mass is 473 g/mol. The number of nitrogens with zero attached hydrogens (tertiary/aromatic N) is 2. The lowest BCUT2D eigenvalue weighted by Gasteiger charge is -2.22. The average molecular weight is 474 g/mol. The maximum atomic E-state index is 12.4. The van der Waals surface area contributed by atoms with Crippen molar-refractivity contribution in [2.24, 2.45) is 0 Å². The minimum Gasteiger partial charge on any atom is -0.447 e. The van der Waals surface area contributed by atoms with Crippen LogP contribution in [0.25, 0.3) is 0 Å². The second kappa shape index (κ2) is 11.0. The fraction of sp³-hybridized carbons (Fsp3) is 0.333. The van der Waals surface area contributed by atoms with Gasteiger partial charge in [-0.25, -0.2) is 4.98 Å². The second-order valence-corrected chi connectivity index (χ2v) is 8.60. The predicted octanol–water partition coefficient (Wildman–Crippen LogP) is 5.09. The third kappa shape index (κ3) is 6.11. The number of aromatic nitrogens is 1. The van der Waals surface area contributed by atoms with Gasteiger partial charge in [0.05, 0.1) is 22.7 Å². The maximum Gasteiger partial charge on any atom is 0.273 e. The number of benzene rings is 2. The standard InChI is InChI=1S/C24H25Cl2N3O3/c25-20-10-4-8-18(23(20)26)14-29(13-17-6-2-1-3-7-17)15-22-28-21(16-32-22)24(30)27-12-19-9-5-11-31-19/h1-4,6-8,10,16,19H,5,9,11-15H2,(H,27,30)/t19-/m0/s1. The molecular formula is C24H25Cl2N3O3. The molecule has 1 aliphatic rings. The minimum atomic E-state index is -0.261. The number of carbonyl (C=O) groups is 1. The summed E-state index contributed by atoms with van der Waals surface area (Å²) in [6.45, 7) is 2.86. The lowest BCUT2D eigenvalue weighted by molar-refractivity contribution is 0.0853. The van der Waals surface area contributed by atoms with Gasteiger partial charge < -0.3 is 14.5 Å². The molecule has 1 N–H and O–H groups in total. The Kier molecular flexibility index (Phi) is 7.81. The highest BCUT2D eigenvalue weighted by Gasteiger charge is 2.20. The van der Waals surface area contributed by atoms with Crippen molar-refractivity contribution in [3.8, 4) is 0 Å². The zero-order valence-electron chi connectivity index (χ0n) is 17.6. The van der Waals surface area contributed by atoms with Crippen LogP contribution in [0.5, 0.6) is 0 Å². The molecule has 2 aromatic carbocycles. The van der Waals surface area contributed by atoms with Gasteiger partial charge in [0.25, 0.3) is 5.91 Å². The molecule has 0 saturated carbocycles. The molecule has 0 bridgehead atoms. The molecule has 2 heterocycles. The molecule has 3 aromatic rings. The topological polar surface area (TPSA) is 67.6 Å². The number of amides is 1. The van der Waals surface area contributed by atoms with E-state index in [9.17, 15) is 4.79 Å². The van der Waals surface area contributed by atoms with E-state index in [1.165, 1.54) is 6.26 Å². The number of carbonyl (C=O) groups excluding carboxylic acids is 1. The van der Waals surface area contributed by atoms with Crippen LogP contribution in [0, 0.1) is 0 Å². The largest absolute Gasteiger partial charge is 0.447 e. The highest BCUT2D eigenvalue weighted by Crippen LogP contribution is 2.27. The molecule has 4 rings (SSSR count). The summed E-state index contributed by atoms with van der Waals surface area (Å²) in [5.74, 6) is 0.198. The summed E-state index contributed by atoms with van der Waals surface area (Å²) in [5, 5.41) is 3.92. The van der Waals surface area contributed by atoms with Gasteiger partial charge in [-0.1, -0.05) is 65.7 Å². The van der Waals surface area contributed by atoms with Gasteiger partial charge >= 0.3 is 0 Å². The maximum absolute atomic E-state index is 12.4. The average Bonchev–Trinajstić information content (AvgIpc) is 3.48. The normalized spacial score (nSPS) is 15.9. The van der Waals surface area contributed by atoms with Gasteiger partial charge in [-0.05, 0) is 30.0 Å². The van der Waals surface area contributed by atoms with Gasteiger partial charge in [0.1, 0.15) is 6.26 Å². The van der Waals surface area contributed by atoms with E-state index >= 15 is 0 Å². The van der Waals surface area contributed by atoms with Gasteiger partial charge in [0.2, 0.25) is 5.89 Å². The van der Waals surface area contributed by atoms with Crippen LogP contribution >= 0.6 is 23.2 Å². The molecular weight excluding hydrogens is 449 g/mol. The van der Waals surface area contributed by atoms with Crippen molar-refractivity contribution in [2.75, 3.05) is 13.2 Å². The van der Waals surface area contributed by atoms with E-state index in [-0.39, 0.29) is 17.7 Å². The Hall–Kier alpha value is -2.38. The zero-order valence-corrected chi connectivity index (χ0v) is 19.1. The van der Waals surface area contributed by atoms with Crippen molar-refractivity contribution in [3.63, 3.8) is 0 Å². The number of ether oxygens (including phenoxy) is 1. The van der Waals surface area contributed by atoms with Crippen LogP contribution < -0.4 is 5.32 Å². The molecule has 1 saturated heterocycles. The molecule has 0 radical (unpaired) electrons. The highest BCUT2D eigenvalue weighted by atomic mass is 35.5. The van der Waals surface area contributed by atoms with Crippen molar-refractivity contribution in [1.82, 2.24) is 15.2 Å². The smallest absolute Gasteiger partial charge is 0.273 e. The van der Waals surface area contributed by atoms with E-state index < -0.39 is 0 Å². The molecule has 8 heteroatoms. The van der Waals surface area contributed by atoms with Gasteiger partial charge in [0.15, 0.2) is 5.69 Å². The summed E-state index contributed by atoms with van der Waals surface area (Å²) in [4.78, 5) is 19.0. The Morgan fingerprint density at radius 1 is 1.09 bits per heavy atom. The van der Waals surface area contributed by atoms with E-state index in [2.05, 4.69) is 27.3 Å². The lowest BCUT2D eigenvalue weighted by atomic mass is 10.1. The first-order valence-corrected chi connectivity index (χ1v) is 11.4. The molecule has 1 aliphatic heterocycles. The van der Waals surface area contributed by atoms with E-state index in [0.717, 1.165) is 30.6 Å². The molecule has 0 unspecified atom stereocenters. The Morgan fingerprint density at radius 3 is 2.72 bits per heavy atom. The molecule has 0 spiro atoms. The van der Waals surface area contributed by atoms with Crippen LogP contribution in [0.3, 0.4) is 0 Å². The number of hydrogen-bond donors (Lipinski definition) is 1. The minimum absolute atomic E-state index is 0.0779. The summed E-state index contributed by atoms with van der Waals surface area (Å²) in [6.07, 6.45) is 3.47. The number of hydrogen-bond acceptors (Lipinski definition) is 5. The molecule has 168 valence electrons. The molecule has 32 heavy (non-hydrogen) atoms. The van der Waals surface area contributed by atoms with E-state index in [4.69, 9.17) is 32.4 Å². The SMILES string of the molecule is O=C(NC[C@@H]1CCCO1)c1coc(CN(Cc2ccccc2)Cc2cccc(Cl)c2Cl)n1. The number of nitrogens with one attached hydrogen (secondary N) is 1. The number of halogens is 2. The quantitative estimate of drug-likeness (QED) is 0.468. The van der Waals surface area contributed by atoms with E-state index in [0.29, 0.717) is 42.1 Å². The van der Waals surface area contributed by atoms with Gasteiger partial charge in [-0.2, -0.15) is 0 Å². The molecule has 1 amide bonds. The molecule has 6 nitrogen and oxygen atoms in total. The van der Waals surface area contributed by atoms with Gasteiger partial charge in [-0.3, -0.25) is 9.69 Å². The number of rotatable bonds is 9. The van der Waals surface area contributed by atoms with Crippen LogP contribution in [0.2, 0.25) is 10.0 Å². The first-order chi connectivity index (χ1) is 15.6. The van der Waals surface area contributed by atoms with Crippen molar-refractivity contribution in [2.45, 2.75) is 38.6 Å². The molecule has 1 atom stereocenters. The van der Waals surface area contributed by atoms with Crippen LogP contribution in [-0.4, -0.2) is 35.0 Å². The van der Waals surface area contributed by atoms with Crippen molar-refractivity contribution in [1.29, 1.82) is 0 Å². The molecule has 0 aliphatic carbocycles. The Morgan fingerprint density at radius 2 is 1.94 bits per heavy atom. The van der Waals surface area contributed by atoms with Gasteiger partial charge in [0, 0.05) is 26.2 Å². The van der Waals surface area contributed by atoms with Crippen molar-refractivity contribution >= 4 is 29.1 Å². The summed E-state index contributed by atoms with van der Waals surface area (Å²) < 4.78 is 11.2. The van der Waals surface area contributed by atoms with Crippen LogP contribution in [0.1, 0.15) is 40.3 Å². The third-order valence-corrected chi connectivity index (χ3v) is 6.19. The van der Waals surface area contributed by atoms with E-state index in [1.807, 2.05) is 30.3 Å². The van der Waals surface area contributed by atoms with Crippen LogP contribution in [-0.2, 0) is 24.4 Å². The summed E-state index contributed by atoms with van der Waals surface area (Å²) in [6, 6.07) is 15.7. The Balaban J connectivity index is 1.44. The number of oxazole rings is 1. The third-order valence-electron chi connectivity index (χ3n) is 5.33. The van der Waals surface area contributed by atoms with Crippen molar-refractivity contribution in [3.05, 3.63) is 87.6 Å². The van der Waals surface area contributed by atoms with Gasteiger partial charge in [-0.15, -0.1) is 0 Å². The van der Waals surface area contributed by atoms with Crippen LogP contribution in [0.15, 0.2) is 59.2 Å². The second-order valence-electron chi connectivity index (χ2n) is 7.82. The highest BCUT2D eigenvalue weighted by molar-refractivity contribution is 6.42. The van der Waals surface area contributed by atoms with Crippen LogP contribution in [0.4, 0.5) is 0 Å². The van der Waals surface area contributed by atoms with E-state index in [1.54, 1.807) is 6.07 Å². The summed E-state index contributed by atoms with van der Waals surface area (Å²) in [7, 11) is 0. The fourth-order valence-corrected chi connectivity index (χ4v) is 4.08. The summed E-state index contributed by atoms with van der Waals surface area (Å²) >= 11 is 12.6. The molecule has 1 aromatic heterocycles. The Labute approximate surface area is 197 Å². The lowest BCUT2D eigenvalue weighted by Crippen LogP contribution is -2.32. The summed E-state index contributed by atoms with van der Waals surface area (Å²) in [5.41, 5.74) is 2.32. The fourth-order valence-electron chi connectivity index (χ4n) is 3.70. The zero-order chi connectivity index (χ0) is 22.3. The van der Waals surface area contributed by atoms with Crippen molar-refractivity contribution < 1.29 is 13.9 Å². The molecule has 1 fully saturated rings. The Bertz CT molecular complexity index is 1040. The first-order valence-electron chi connectivity index (χ1n) is 10.6. The predicted molar refractivity (Wildman–Crippen MR) is 124 cm³/mol. The first kappa shape index (κ1) is 22.8.